The zero-order chi connectivity index (χ0) is 17.7. The number of rotatable bonds is 3. The van der Waals surface area contributed by atoms with E-state index in [1.54, 1.807) is 12.5 Å². The molecule has 0 saturated heterocycles. The van der Waals surface area contributed by atoms with E-state index < -0.39 is 0 Å². The number of nitrogens with two attached hydrogens (primary N) is 1. The van der Waals surface area contributed by atoms with Gasteiger partial charge in [-0.3, -0.25) is 9.89 Å². The summed E-state index contributed by atoms with van der Waals surface area (Å²) in [6, 6.07) is 8.02. The van der Waals surface area contributed by atoms with Crippen molar-refractivity contribution in [3.8, 4) is 22.6 Å². The Labute approximate surface area is 148 Å². The van der Waals surface area contributed by atoms with Crippen LogP contribution in [0.5, 0.6) is 0 Å². The van der Waals surface area contributed by atoms with Crippen LogP contribution in [-0.4, -0.2) is 25.7 Å². The van der Waals surface area contributed by atoms with Crippen LogP contribution in [0.2, 0.25) is 0 Å². The molecule has 7 heteroatoms. The van der Waals surface area contributed by atoms with E-state index in [9.17, 15) is 4.79 Å². The quantitative estimate of drug-likeness (QED) is 0.595. The molecule has 1 atom stereocenters. The van der Waals surface area contributed by atoms with Crippen LogP contribution in [0.4, 0.5) is 0 Å². The van der Waals surface area contributed by atoms with Gasteiger partial charge in [0.2, 0.25) is 5.91 Å². The number of H-pyrrole nitrogens is 1. The molecule has 1 aliphatic heterocycles. The molecule has 4 aromatic rings. The molecule has 7 nitrogen and oxygen atoms in total. The molecule has 0 aliphatic carbocycles. The third-order valence-electron chi connectivity index (χ3n) is 5.10. The maximum atomic E-state index is 11.7. The standard InChI is InChI=1S/C19H17N5O2/c20-18(25)12-2-4-16-17(11-1-3-15-14(7-11)8-21-23-15)22-19(24(16)9-12)13-5-6-26-10-13/h1,3,5-8,10,12H,2,4,9H2,(H2,20,25)(H,21,23). The monoisotopic (exact) mass is 347 g/mol. The first-order valence-electron chi connectivity index (χ1n) is 8.55. The second kappa shape index (κ2) is 5.59. The summed E-state index contributed by atoms with van der Waals surface area (Å²) in [5.74, 6) is 0.373. The maximum absolute atomic E-state index is 11.7. The van der Waals surface area contributed by atoms with E-state index in [2.05, 4.69) is 20.8 Å². The SMILES string of the molecule is NC(=O)C1CCc2c(-c3ccc4[nH]ncc4c3)nc(-c3ccoc3)n2C1. The predicted molar refractivity (Wildman–Crippen MR) is 96.0 cm³/mol. The van der Waals surface area contributed by atoms with Gasteiger partial charge in [0.05, 0.1) is 35.2 Å². The van der Waals surface area contributed by atoms with Gasteiger partial charge < -0.3 is 14.7 Å². The number of aromatic nitrogens is 4. The minimum atomic E-state index is -0.260. The van der Waals surface area contributed by atoms with Crippen molar-refractivity contribution in [2.75, 3.05) is 0 Å². The van der Waals surface area contributed by atoms with Crippen LogP contribution in [0, 0.1) is 5.92 Å². The number of hydrogen-bond donors (Lipinski definition) is 2. The minimum absolute atomic E-state index is 0.174. The number of aromatic amines is 1. The summed E-state index contributed by atoms with van der Waals surface area (Å²) < 4.78 is 7.35. The Hall–Kier alpha value is -3.35. The van der Waals surface area contributed by atoms with Crippen molar-refractivity contribution in [3.63, 3.8) is 0 Å². The highest BCUT2D eigenvalue weighted by molar-refractivity contribution is 5.84. The van der Waals surface area contributed by atoms with Gasteiger partial charge in [-0.1, -0.05) is 6.07 Å². The summed E-state index contributed by atoms with van der Waals surface area (Å²) in [4.78, 5) is 16.6. The number of amides is 1. The van der Waals surface area contributed by atoms with Gasteiger partial charge >= 0.3 is 0 Å². The fourth-order valence-electron chi connectivity index (χ4n) is 3.72. The van der Waals surface area contributed by atoms with Crippen LogP contribution < -0.4 is 5.73 Å². The first-order valence-corrected chi connectivity index (χ1v) is 8.55. The first-order chi connectivity index (χ1) is 12.7. The molecule has 0 bridgehead atoms. The van der Waals surface area contributed by atoms with Crippen LogP contribution in [0.3, 0.4) is 0 Å². The molecule has 0 saturated carbocycles. The second-order valence-corrected chi connectivity index (χ2v) is 6.66. The van der Waals surface area contributed by atoms with E-state index in [0.717, 1.165) is 52.1 Å². The van der Waals surface area contributed by atoms with E-state index in [1.165, 1.54) is 0 Å². The number of carbonyl (C=O) groups excluding carboxylic acids is 1. The van der Waals surface area contributed by atoms with Crippen molar-refractivity contribution in [1.29, 1.82) is 0 Å². The summed E-state index contributed by atoms with van der Waals surface area (Å²) in [7, 11) is 0. The normalized spacial score (nSPS) is 16.7. The predicted octanol–water partition coefficient (Wildman–Crippen LogP) is 2.73. The molecule has 26 heavy (non-hydrogen) atoms. The summed E-state index contributed by atoms with van der Waals surface area (Å²) >= 11 is 0. The molecule has 1 amide bonds. The van der Waals surface area contributed by atoms with E-state index in [-0.39, 0.29) is 11.8 Å². The van der Waals surface area contributed by atoms with Crippen LogP contribution >= 0.6 is 0 Å². The molecule has 3 N–H and O–H groups in total. The second-order valence-electron chi connectivity index (χ2n) is 6.66. The van der Waals surface area contributed by atoms with Crippen LogP contribution in [0.25, 0.3) is 33.5 Å². The highest BCUT2D eigenvalue weighted by Gasteiger charge is 2.29. The van der Waals surface area contributed by atoms with Crippen molar-refractivity contribution in [2.45, 2.75) is 19.4 Å². The van der Waals surface area contributed by atoms with E-state index >= 15 is 0 Å². The number of benzene rings is 1. The number of imidazole rings is 1. The summed E-state index contributed by atoms with van der Waals surface area (Å²) in [5.41, 5.74) is 10.5. The Morgan fingerprint density at radius 3 is 3.04 bits per heavy atom. The fourth-order valence-corrected chi connectivity index (χ4v) is 3.72. The Balaban J connectivity index is 1.69. The number of nitrogens with one attached hydrogen (secondary N) is 1. The molecule has 4 heterocycles. The minimum Gasteiger partial charge on any atom is -0.472 e. The average molecular weight is 347 g/mol. The molecule has 3 aromatic heterocycles. The van der Waals surface area contributed by atoms with Crippen LogP contribution in [-0.2, 0) is 17.8 Å². The molecule has 1 aliphatic rings. The molecule has 0 radical (unpaired) electrons. The number of furan rings is 1. The number of hydrogen-bond acceptors (Lipinski definition) is 4. The van der Waals surface area contributed by atoms with Crippen molar-refractivity contribution in [1.82, 2.24) is 19.7 Å². The van der Waals surface area contributed by atoms with Gasteiger partial charge in [0.15, 0.2) is 0 Å². The largest absolute Gasteiger partial charge is 0.472 e. The first kappa shape index (κ1) is 14.9. The third kappa shape index (κ3) is 2.24. The van der Waals surface area contributed by atoms with Gasteiger partial charge in [-0.05, 0) is 31.0 Å². The highest BCUT2D eigenvalue weighted by atomic mass is 16.3. The molecule has 0 fully saturated rings. The van der Waals surface area contributed by atoms with E-state index in [1.807, 2.05) is 24.4 Å². The molecule has 0 spiro atoms. The van der Waals surface area contributed by atoms with Gasteiger partial charge in [-0.25, -0.2) is 4.98 Å². The Morgan fingerprint density at radius 1 is 1.31 bits per heavy atom. The lowest BCUT2D eigenvalue weighted by Gasteiger charge is -2.23. The van der Waals surface area contributed by atoms with Crippen LogP contribution in [0.1, 0.15) is 12.1 Å². The molecule has 1 unspecified atom stereocenters. The maximum Gasteiger partial charge on any atom is 0.222 e. The summed E-state index contributed by atoms with van der Waals surface area (Å²) in [6.45, 7) is 0.548. The molecule has 130 valence electrons. The number of primary amides is 1. The van der Waals surface area contributed by atoms with Crippen LogP contribution in [0.15, 0.2) is 47.4 Å². The average Bonchev–Trinajstić information content (AvgIpc) is 3.38. The van der Waals surface area contributed by atoms with Gasteiger partial charge in [0.1, 0.15) is 12.1 Å². The van der Waals surface area contributed by atoms with Crippen molar-refractivity contribution < 1.29 is 9.21 Å². The van der Waals surface area contributed by atoms with Gasteiger partial charge in [-0.15, -0.1) is 0 Å². The molecule has 1 aromatic carbocycles. The number of fused-ring (bicyclic) bond motifs is 2. The van der Waals surface area contributed by atoms with Crippen molar-refractivity contribution in [3.05, 3.63) is 48.7 Å². The van der Waals surface area contributed by atoms with Gasteiger partial charge in [0, 0.05) is 23.2 Å². The highest BCUT2D eigenvalue weighted by Crippen LogP contribution is 2.35. The zero-order valence-electron chi connectivity index (χ0n) is 14.0. The van der Waals surface area contributed by atoms with E-state index in [4.69, 9.17) is 15.1 Å². The van der Waals surface area contributed by atoms with Crippen molar-refractivity contribution in [2.24, 2.45) is 11.7 Å². The van der Waals surface area contributed by atoms with Gasteiger partial charge in [0.25, 0.3) is 0 Å². The number of carbonyl (C=O) groups is 1. The van der Waals surface area contributed by atoms with Crippen molar-refractivity contribution >= 4 is 16.8 Å². The third-order valence-corrected chi connectivity index (χ3v) is 5.10. The topological polar surface area (TPSA) is 103 Å². The lowest BCUT2D eigenvalue weighted by Crippen LogP contribution is -2.31. The summed E-state index contributed by atoms with van der Waals surface area (Å²) in [6.07, 6.45) is 6.61. The Kier molecular flexibility index (Phi) is 3.21. The fraction of sp³-hybridized carbons (Fsp3) is 0.211. The molecular formula is C19H17N5O2. The Bertz CT molecular complexity index is 1110. The Morgan fingerprint density at radius 2 is 2.23 bits per heavy atom. The smallest absolute Gasteiger partial charge is 0.222 e. The van der Waals surface area contributed by atoms with E-state index in [0.29, 0.717) is 6.54 Å². The molecule has 5 rings (SSSR count). The lowest BCUT2D eigenvalue weighted by molar-refractivity contribution is -0.122. The zero-order valence-corrected chi connectivity index (χ0v) is 14.0. The number of nitrogens with zero attached hydrogens (tertiary/aromatic N) is 3. The molecular weight excluding hydrogens is 330 g/mol. The van der Waals surface area contributed by atoms with Gasteiger partial charge in [-0.2, -0.15) is 5.10 Å². The lowest BCUT2D eigenvalue weighted by atomic mass is 9.95. The summed E-state index contributed by atoms with van der Waals surface area (Å²) in [5, 5.41) is 8.09.